The third-order valence-electron chi connectivity index (χ3n) is 3.91. The highest BCUT2D eigenvalue weighted by Gasteiger charge is 2.25. The van der Waals surface area contributed by atoms with Gasteiger partial charge < -0.3 is 5.32 Å². The van der Waals surface area contributed by atoms with Gasteiger partial charge in [0.15, 0.2) is 0 Å². The zero-order chi connectivity index (χ0) is 10.8. The fraction of sp³-hybridized carbons (Fsp3) is 0.769. The zero-order valence-electron chi connectivity index (χ0n) is 9.84. The van der Waals surface area contributed by atoms with Crippen LogP contribution in [0, 0.1) is 5.92 Å². The number of nitrogens with zero attached hydrogens (tertiary/aromatic N) is 1. The molecule has 3 rings (SSSR count). The van der Waals surface area contributed by atoms with E-state index >= 15 is 0 Å². The summed E-state index contributed by atoms with van der Waals surface area (Å²) in [6.07, 6.45) is 9.74. The summed E-state index contributed by atoms with van der Waals surface area (Å²) in [4.78, 5) is 0. The monoisotopic (exact) mass is 219 g/mol. The van der Waals surface area contributed by atoms with Gasteiger partial charge >= 0.3 is 0 Å². The molecule has 1 heterocycles. The number of H-pyrrole nitrogens is 1. The maximum Gasteiger partial charge on any atom is 0.148 e. The van der Waals surface area contributed by atoms with Crippen LogP contribution in [0.4, 0.5) is 5.82 Å². The summed E-state index contributed by atoms with van der Waals surface area (Å²) in [5, 5.41) is 10.9. The molecule has 0 bridgehead atoms. The van der Waals surface area contributed by atoms with Gasteiger partial charge in [-0.1, -0.05) is 19.3 Å². The van der Waals surface area contributed by atoms with Crippen molar-refractivity contribution in [2.45, 2.75) is 50.9 Å². The van der Waals surface area contributed by atoms with Crippen LogP contribution >= 0.6 is 0 Å². The van der Waals surface area contributed by atoms with Crippen molar-refractivity contribution in [3.8, 4) is 0 Å². The first kappa shape index (κ1) is 10.2. The molecule has 0 spiro atoms. The molecule has 2 saturated carbocycles. The SMILES string of the molecule is c1c(NCC2CCCCC2)n[nH]c1C1CC1. The lowest BCUT2D eigenvalue weighted by atomic mass is 9.89. The van der Waals surface area contributed by atoms with Crippen molar-refractivity contribution in [3.63, 3.8) is 0 Å². The van der Waals surface area contributed by atoms with Gasteiger partial charge in [0, 0.05) is 24.2 Å². The first-order valence-electron chi connectivity index (χ1n) is 6.71. The van der Waals surface area contributed by atoms with Crippen LogP contribution in [0.15, 0.2) is 6.07 Å². The molecule has 1 aromatic heterocycles. The summed E-state index contributed by atoms with van der Waals surface area (Å²) in [7, 11) is 0. The number of hydrogen-bond donors (Lipinski definition) is 2. The fourth-order valence-corrected chi connectivity index (χ4v) is 2.67. The summed E-state index contributed by atoms with van der Waals surface area (Å²) >= 11 is 0. The van der Waals surface area contributed by atoms with E-state index in [0.29, 0.717) is 0 Å². The fourth-order valence-electron chi connectivity index (χ4n) is 2.67. The minimum Gasteiger partial charge on any atom is -0.368 e. The van der Waals surface area contributed by atoms with E-state index in [1.165, 1.54) is 50.6 Å². The van der Waals surface area contributed by atoms with Gasteiger partial charge in [-0.2, -0.15) is 5.10 Å². The quantitative estimate of drug-likeness (QED) is 0.816. The summed E-state index contributed by atoms with van der Waals surface area (Å²) < 4.78 is 0. The highest BCUT2D eigenvalue weighted by molar-refractivity contribution is 5.37. The van der Waals surface area contributed by atoms with Crippen LogP contribution in [0.3, 0.4) is 0 Å². The Morgan fingerprint density at radius 2 is 2.00 bits per heavy atom. The summed E-state index contributed by atoms with van der Waals surface area (Å²) in [6.45, 7) is 1.11. The average Bonchev–Trinajstić information content (AvgIpc) is 3.08. The van der Waals surface area contributed by atoms with Crippen LogP contribution in [-0.2, 0) is 0 Å². The van der Waals surface area contributed by atoms with Gasteiger partial charge in [0.1, 0.15) is 5.82 Å². The summed E-state index contributed by atoms with van der Waals surface area (Å²) in [5.41, 5.74) is 1.33. The number of rotatable bonds is 4. The van der Waals surface area contributed by atoms with Crippen LogP contribution < -0.4 is 5.32 Å². The van der Waals surface area contributed by atoms with Gasteiger partial charge in [-0.05, 0) is 31.6 Å². The molecule has 2 aliphatic rings. The normalized spacial score (nSPS) is 22.2. The third kappa shape index (κ3) is 2.39. The first-order chi connectivity index (χ1) is 7.92. The summed E-state index contributed by atoms with van der Waals surface area (Å²) in [6, 6.07) is 2.19. The van der Waals surface area contributed by atoms with E-state index in [1.807, 2.05) is 0 Å². The molecule has 0 amide bonds. The second-order valence-corrected chi connectivity index (χ2v) is 5.37. The van der Waals surface area contributed by atoms with E-state index < -0.39 is 0 Å². The molecule has 2 aliphatic carbocycles. The van der Waals surface area contributed by atoms with Crippen molar-refractivity contribution in [2.24, 2.45) is 5.92 Å². The van der Waals surface area contributed by atoms with Gasteiger partial charge in [-0.25, -0.2) is 0 Å². The lowest BCUT2D eigenvalue weighted by Gasteiger charge is -2.21. The molecule has 16 heavy (non-hydrogen) atoms. The van der Waals surface area contributed by atoms with E-state index in [0.717, 1.165) is 24.2 Å². The first-order valence-corrected chi connectivity index (χ1v) is 6.71. The minimum absolute atomic E-state index is 0.776. The standard InChI is InChI=1S/C13H21N3/c1-2-4-10(5-3-1)9-14-13-8-12(15-16-13)11-6-7-11/h8,10-11H,1-7,9H2,(H2,14,15,16). The molecule has 0 atom stereocenters. The Bertz CT molecular complexity index is 335. The van der Waals surface area contributed by atoms with Crippen LogP contribution in [0.1, 0.15) is 56.6 Å². The molecule has 3 nitrogen and oxygen atoms in total. The van der Waals surface area contributed by atoms with E-state index in [2.05, 4.69) is 21.6 Å². The van der Waals surface area contributed by atoms with E-state index in [-0.39, 0.29) is 0 Å². The van der Waals surface area contributed by atoms with Gasteiger partial charge in [0.25, 0.3) is 0 Å². The van der Waals surface area contributed by atoms with Crippen molar-refractivity contribution in [2.75, 3.05) is 11.9 Å². The average molecular weight is 219 g/mol. The smallest absolute Gasteiger partial charge is 0.148 e. The van der Waals surface area contributed by atoms with Crippen LogP contribution in [0.25, 0.3) is 0 Å². The van der Waals surface area contributed by atoms with Gasteiger partial charge in [0.2, 0.25) is 0 Å². The molecule has 0 unspecified atom stereocenters. The molecule has 0 aliphatic heterocycles. The molecule has 0 radical (unpaired) electrons. The summed E-state index contributed by atoms with van der Waals surface area (Å²) in [5.74, 6) is 2.69. The zero-order valence-corrected chi connectivity index (χ0v) is 9.84. The second-order valence-electron chi connectivity index (χ2n) is 5.37. The Kier molecular flexibility index (Phi) is 2.85. The Morgan fingerprint density at radius 3 is 2.75 bits per heavy atom. The largest absolute Gasteiger partial charge is 0.368 e. The number of anilines is 1. The van der Waals surface area contributed by atoms with Crippen LogP contribution in [0.5, 0.6) is 0 Å². The third-order valence-corrected chi connectivity index (χ3v) is 3.91. The number of hydrogen-bond acceptors (Lipinski definition) is 2. The lowest BCUT2D eigenvalue weighted by Crippen LogP contribution is -2.17. The number of nitrogens with one attached hydrogen (secondary N) is 2. The van der Waals surface area contributed by atoms with Gasteiger partial charge in [-0.3, -0.25) is 5.10 Å². The topological polar surface area (TPSA) is 40.7 Å². The van der Waals surface area contributed by atoms with Crippen molar-refractivity contribution in [1.29, 1.82) is 0 Å². The highest BCUT2D eigenvalue weighted by Crippen LogP contribution is 2.39. The van der Waals surface area contributed by atoms with Crippen LogP contribution in [0.2, 0.25) is 0 Å². The Hall–Kier alpha value is -0.990. The second kappa shape index (κ2) is 4.48. The molecule has 2 fully saturated rings. The van der Waals surface area contributed by atoms with Crippen molar-refractivity contribution >= 4 is 5.82 Å². The Labute approximate surface area is 97.0 Å². The van der Waals surface area contributed by atoms with Crippen LogP contribution in [-0.4, -0.2) is 16.7 Å². The molecule has 0 aromatic carbocycles. The molecule has 0 saturated heterocycles. The molecule has 1 aromatic rings. The lowest BCUT2D eigenvalue weighted by molar-refractivity contribution is 0.373. The molecular formula is C13H21N3. The van der Waals surface area contributed by atoms with E-state index in [1.54, 1.807) is 0 Å². The Morgan fingerprint density at radius 1 is 1.19 bits per heavy atom. The van der Waals surface area contributed by atoms with E-state index in [4.69, 9.17) is 0 Å². The maximum atomic E-state index is 4.33. The number of aromatic nitrogens is 2. The molecule has 2 N–H and O–H groups in total. The van der Waals surface area contributed by atoms with Crippen molar-refractivity contribution in [1.82, 2.24) is 10.2 Å². The molecular weight excluding hydrogens is 198 g/mol. The van der Waals surface area contributed by atoms with Crippen molar-refractivity contribution < 1.29 is 0 Å². The predicted octanol–water partition coefficient (Wildman–Crippen LogP) is 3.28. The van der Waals surface area contributed by atoms with Gasteiger partial charge in [0.05, 0.1) is 0 Å². The molecule has 3 heteroatoms. The molecule has 88 valence electrons. The Balaban J connectivity index is 1.49. The minimum atomic E-state index is 0.776. The predicted molar refractivity (Wildman–Crippen MR) is 65.6 cm³/mol. The maximum absolute atomic E-state index is 4.33. The van der Waals surface area contributed by atoms with Crippen molar-refractivity contribution in [3.05, 3.63) is 11.8 Å². The number of aromatic amines is 1. The van der Waals surface area contributed by atoms with Gasteiger partial charge in [-0.15, -0.1) is 0 Å². The highest BCUT2D eigenvalue weighted by atomic mass is 15.2. The van der Waals surface area contributed by atoms with E-state index in [9.17, 15) is 0 Å².